The number of nitrogens with one attached hydrogen (secondary N) is 1. The second-order valence-electron chi connectivity index (χ2n) is 7.53. The number of benzene rings is 1. The van der Waals surface area contributed by atoms with Crippen LogP contribution in [0.1, 0.15) is 10.4 Å². The first-order valence-corrected chi connectivity index (χ1v) is 11.1. The first kappa shape index (κ1) is 22.1. The predicted molar refractivity (Wildman–Crippen MR) is 127 cm³/mol. The van der Waals surface area contributed by atoms with E-state index >= 15 is 0 Å². The fraction of sp³-hybridized carbons (Fsp3) is 0.364. The molecule has 1 amide bonds. The first-order chi connectivity index (χ1) is 15.5. The number of anilines is 2. The molecule has 0 bridgehead atoms. The van der Waals surface area contributed by atoms with E-state index < -0.39 is 0 Å². The van der Waals surface area contributed by atoms with E-state index in [1.165, 1.54) is 13.3 Å². The Morgan fingerprint density at radius 1 is 1.38 bits per heavy atom. The molecule has 0 aliphatic carbocycles. The summed E-state index contributed by atoms with van der Waals surface area (Å²) < 4.78 is 11.5. The van der Waals surface area contributed by atoms with Crippen molar-refractivity contribution in [2.24, 2.45) is 0 Å². The van der Waals surface area contributed by atoms with Gasteiger partial charge in [-0.2, -0.15) is 0 Å². The lowest BCUT2D eigenvalue weighted by atomic mass is 10.1. The molecule has 10 heteroatoms. The average Bonchev–Trinajstić information content (AvgIpc) is 3.21. The largest absolute Gasteiger partial charge is 0.398 e. The fourth-order valence-electron chi connectivity index (χ4n) is 3.65. The highest BCUT2D eigenvalue weighted by atomic mass is 32.1. The molecule has 1 aromatic carbocycles. The van der Waals surface area contributed by atoms with Crippen molar-refractivity contribution in [3.05, 3.63) is 34.7 Å². The molecule has 168 valence electrons. The van der Waals surface area contributed by atoms with Crippen LogP contribution in [0.25, 0.3) is 21.6 Å². The summed E-state index contributed by atoms with van der Waals surface area (Å²) in [6.45, 7) is 3.25. The van der Waals surface area contributed by atoms with Gasteiger partial charge in [0.05, 0.1) is 30.0 Å². The summed E-state index contributed by atoms with van der Waals surface area (Å²) in [5.74, 6) is 1.28. The van der Waals surface area contributed by atoms with E-state index in [2.05, 4.69) is 4.90 Å². The Hall–Kier alpha value is -3.08. The number of nitrogens with zero attached hydrogens (tertiary/aromatic N) is 4. The van der Waals surface area contributed by atoms with Crippen molar-refractivity contribution in [1.29, 1.82) is 5.41 Å². The number of methoxy groups -OCH3 is 1. The number of fused-ring (bicyclic) bond motifs is 1. The Labute approximate surface area is 190 Å². The number of carbonyl (C=O) groups is 1. The highest BCUT2D eigenvalue weighted by Gasteiger charge is 2.22. The van der Waals surface area contributed by atoms with Gasteiger partial charge >= 0.3 is 0 Å². The van der Waals surface area contributed by atoms with E-state index in [0.29, 0.717) is 36.8 Å². The number of carbonyl (C=O) groups excluding carboxylic acids is 1. The molecular formula is C22H26N6O3S. The van der Waals surface area contributed by atoms with Gasteiger partial charge in [-0.15, -0.1) is 11.3 Å². The molecule has 0 unspecified atom stereocenters. The number of rotatable bonds is 7. The predicted octanol–water partition coefficient (Wildman–Crippen LogP) is 2.38. The third-order valence-electron chi connectivity index (χ3n) is 5.33. The number of hydrogen-bond acceptors (Lipinski definition) is 9. The lowest BCUT2D eigenvalue weighted by molar-refractivity contribution is -0.134. The van der Waals surface area contributed by atoms with Crippen LogP contribution < -0.4 is 10.6 Å². The van der Waals surface area contributed by atoms with Crippen molar-refractivity contribution < 1.29 is 14.3 Å². The molecule has 2 aromatic heterocycles. The smallest absolute Gasteiger partial charge is 0.248 e. The van der Waals surface area contributed by atoms with Crippen molar-refractivity contribution >= 4 is 45.2 Å². The van der Waals surface area contributed by atoms with Crippen LogP contribution in [0.2, 0.25) is 0 Å². The molecule has 9 nitrogen and oxygen atoms in total. The number of morpholine rings is 1. The Morgan fingerprint density at radius 2 is 2.16 bits per heavy atom. The number of aromatic nitrogens is 2. The SMILES string of the molecule is COCC(=O)N(C)Cc1cc2nc(-c3cccc(N)c3C=N)nc(N3CCOCC3)c2s1. The van der Waals surface area contributed by atoms with Crippen LogP contribution >= 0.6 is 11.3 Å². The van der Waals surface area contributed by atoms with Crippen molar-refractivity contribution in [3.8, 4) is 11.4 Å². The van der Waals surface area contributed by atoms with Gasteiger partial charge in [-0.25, -0.2) is 9.97 Å². The third kappa shape index (κ3) is 4.43. The molecule has 1 aliphatic rings. The third-order valence-corrected chi connectivity index (χ3v) is 6.43. The summed E-state index contributed by atoms with van der Waals surface area (Å²) in [5, 5.41) is 7.81. The molecular weight excluding hydrogens is 428 g/mol. The molecule has 1 saturated heterocycles. The molecule has 0 radical (unpaired) electrons. The zero-order chi connectivity index (χ0) is 22.7. The average molecular weight is 455 g/mol. The van der Waals surface area contributed by atoms with Crippen LogP contribution in [0.15, 0.2) is 24.3 Å². The minimum absolute atomic E-state index is 0.0478. The standard InChI is InChI=1S/C22H26N6O3S/c1-27(19(29)13-30-2)12-14-10-18-20(32-14)22(28-6-8-31-9-7-28)26-21(25-18)15-4-3-5-17(24)16(15)11-23/h3-5,10-11,23H,6-9,12-13,24H2,1-2H3. The van der Waals surface area contributed by atoms with Gasteiger partial charge in [0.25, 0.3) is 0 Å². The number of hydrogen-bond donors (Lipinski definition) is 2. The van der Waals surface area contributed by atoms with Crippen molar-refractivity contribution in [1.82, 2.24) is 14.9 Å². The maximum atomic E-state index is 12.1. The van der Waals surface area contributed by atoms with Gasteiger partial charge in [-0.1, -0.05) is 12.1 Å². The summed E-state index contributed by atoms with van der Waals surface area (Å²) in [6.07, 6.45) is 1.24. The molecule has 0 atom stereocenters. The van der Waals surface area contributed by atoms with E-state index in [-0.39, 0.29) is 12.5 Å². The second-order valence-corrected chi connectivity index (χ2v) is 8.67. The second kappa shape index (κ2) is 9.60. The van der Waals surface area contributed by atoms with Gasteiger partial charge in [-0.05, 0) is 12.1 Å². The quantitative estimate of drug-likeness (QED) is 0.416. The van der Waals surface area contributed by atoms with Gasteiger partial charge in [0.1, 0.15) is 6.61 Å². The summed E-state index contributed by atoms with van der Waals surface area (Å²) in [5.41, 5.74) is 8.73. The van der Waals surface area contributed by atoms with Gasteiger partial charge in [0, 0.05) is 55.2 Å². The molecule has 3 N–H and O–H groups in total. The monoisotopic (exact) mass is 454 g/mol. The Morgan fingerprint density at radius 3 is 2.88 bits per heavy atom. The maximum Gasteiger partial charge on any atom is 0.248 e. The number of thiophene rings is 1. The Kier molecular flexibility index (Phi) is 6.63. The van der Waals surface area contributed by atoms with E-state index in [0.717, 1.165) is 39.6 Å². The molecule has 4 rings (SSSR count). The number of nitrogen functional groups attached to an aromatic ring is 1. The van der Waals surface area contributed by atoms with Crippen LogP contribution in [0, 0.1) is 5.41 Å². The van der Waals surface area contributed by atoms with E-state index in [4.69, 9.17) is 30.6 Å². The van der Waals surface area contributed by atoms with E-state index in [1.807, 2.05) is 18.2 Å². The first-order valence-electron chi connectivity index (χ1n) is 10.3. The molecule has 32 heavy (non-hydrogen) atoms. The minimum Gasteiger partial charge on any atom is -0.398 e. The lowest BCUT2D eigenvalue weighted by Gasteiger charge is -2.28. The van der Waals surface area contributed by atoms with Gasteiger partial charge in [0.15, 0.2) is 11.6 Å². The molecule has 3 heterocycles. The summed E-state index contributed by atoms with van der Waals surface area (Å²) in [7, 11) is 3.27. The molecule has 0 saturated carbocycles. The zero-order valence-electron chi connectivity index (χ0n) is 18.1. The van der Waals surface area contributed by atoms with E-state index in [1.54, 1.807) is 29.4 Å². The van der Waals surface area contributed by atoms with Crippen LogP contribution in [0.3, 0.4) is 0 Å². The van der Waals surface area contributed by atoms with Crippen LogP contribution in [-0.2, 0) is 20.8 Å². The minimum atomic E-state index is -0.0829. The normalized spacial score (nSPS) is 14.0. The summed E-state index contributed by atoms with van der Waals surface area (Å²) >= 11 is 1.59. The van der Waals surface area contributed by atoms with Gasteiger partial charge < -0.3 is 30.4 Å². The van der Waals surface area contributed by atoms with Crippen LogP contribution in [0.5, 0.6) is 0 Å². The number of nitrogens with two attached hydrogens (primary N) is 1. The molecule has 0 spiro atoms. The zero-order valence-corrected chi connectivity index (χ0v) is 18.9. The Bertz CT molecular complexity index is 1140. The topological polar surface area (TPSA) is 118 Å². The summed E-state index contributed by atoms with van der Waals surface area (Å²) in [6, 6.07) is 7.49. The number of likely N-dealkylation sites (N-methyl/N-ethyl adjacent to an activating group) is 1. The van der Waals surface area contributed by atoms with Crippen molar-refractivity contribution in [3.63, 3.8) is 0 Å². The van der Waals surface area contributed by atoms with Crippen molar-refractivity contribution in [2.45, 2.75) is 6.54 Å². The molecule has 3 aromatic rings. The maximum absolute atomic E-state index is 12.1. The summed E-state index contributed by atoms with van der Waals surface area (Å²) in [4.78, 5) is 26.7. The fourth-order valence-corrected chi connectivity index (χ4v) is 4.81. The van der Waals surface area contributed by atoms with Crippen LogP contribution in [0.4, 0.5) is 11.5 Å². The molecule has 1 aliphatic heterocycles. The Balaban J connectivity index is 1.80. The van der Waals surface area contributed by atoms with Crippen molar-refractivity contribution in [2.75, 3.05) is 57.7 Å². The highest BCUT2D eigenvalue weighted by molar-refractivity contribution is 7.19. The number of ether oxygens (including phenoxy) is 2. The van der Waals surface area contributed by atoms with Gasteiger partial charge in [0.2, 0.25) is 5.91 Å². The van der Waals surface area contributed by atoms with Crippen LogP contribution in [-0.4, -0.2) is 74.1 Å². The highest BCUT2D eigenvalue weighted by Crippen LogP contribution is 2.36. The van der Waals surface area contributed by atoms with E-state index in [9.17, 15) is 4.79 Å². The molecule has 1 fully saturated rings. The lowest BCUT2D eigenvalue weighted by Crippen LogP contribution is -2.36. The number of amides is 1. The van der Waals surface area contributed by atoms with Gasteiger partial charge in [-0.3, -0.25) is 4.79 Å².